The third-order valence-electron chi connectivity index (χ3n) is 5.01. The predicted octanol–water partition coefficient (Wildman–Crippen LogP) is 4.26. The molecular weight excluding hydrogens is 292 g/mol. The maximum atomic E-state index is 12.4. The summed E-state index contributed by atoms with van der Waals surface area (Å²) >= 11 is 0. The van der Waals surface area contributed by atoms with Crippen LogP contribution in [0.2, 0.25) is 0 Å². The number of ether oxygens (including phenoxy) is 2. The van der Waals surface area contributed by atoms with Gasteiger partial charge in [0.2, 0.25) is 0 Å². The topological polar surface area (TPSA) is 52.6 Å². The highest BCUT2D eigenvalue weighted by Gasteiger charge is 2.41. The van der Waals surface area contributed by atoms with Gasteiger partial charge in [0.1, 0.15) is 12.2 Å². The van der Waals surface area contributed by atoms with Gasteiger partial charge in [0, 0.05) is 0 Å². The molecule has 2 fully saturated rings. The highest BCUT2D eigenvalue weighted by Crippen LogP contribution is 2.41. The SMILES string of the molecule is CC(C)(C)C(=O)OC1CC(CC(C)(C)C(=O)OC2CCCC2)C1. The van der Waals surface area contributed by atoms with Gasteiger partial charge in [-0.25, -0.2) is 0 Å². The van der Waals surface area contributed by atoms with E-state index in [0.717, 1.165) is 32.1 Å². The fourth-order valence-electron chi connectivity index (χ4n) is 3.39. The lowest BCUT2D eigenvalue weighted by Crippen LogP contribution is -2.40. The zero-order chi connectivity index (χ0) is 17.3. The minimum atomic E-state index is -0.452. The van der Waals surface area contributed by atoms with Gasteiger partial charge in [0.25, 0.3) is 0 Å². The largest absolute Gasteiger partial charge is 0.462 e. The first kappa shape index (κ1) is 18.3. The van der Waals surface area contributed by atoms with E-state index in [1.807, 2.05) is 34.6 Å². The summed E-state index contributed by atoms with van der Waals surface area (Å²) in [7, 11) is 0. The van der Waals surface area contributed by atoms with E-state index in [4.69, 9.17) is 9.47 Å². The quantitative estimate of drug-likeness (QED) is 0.709. The van der Waals surface area contributed by atoms with E-state index < -0.39 is 10.8 Å². The Morgan fingerprint density at radius 2 is 1.39 bits per heavy atom. The van der Waals surface area contributed by atoms with Crippen LogP contribution < -0.4 is 0 Å². The monoisotopic (exact) mass is 324 g/mol. The van der Waals surface area contributed by atoms with Gasteiger partial charge in [-0.2, -0.15) is 0 Å². The predicted molar refractivity (Wildman–Crippen MR) is 88.8 cm³/mol. The van der Waals surface area contributed by atoms with Crippen LogP contribution >= 0.6 is 0 Å². The van der Waals surface area contributed by atoms with Crippen molar-refractivity contribution >= 4 is 11.9 Å². The van der Waals surface area contributed by atoms with Gasteiger partial charge in [-0.15, -0.1) is 0 Å². The summed E-state index contributed by atoms with van der Waals surface area (Å²) in [6.45, 7) is 9.55. The standard InChI is InChI=1S/C19H32O4/c1-18(2,3)16(20)23-15-10-13(11-15)12-19(4,5)17(21)22-14-8-6-7-9-14/h13-15H,6-12H2,1-5H3. The van der Waals surface area contributed by atoms with E-state index in [2.05, 4.69) is 0 Å². The lowest BCUT2D eigenvalue weighted by Gasteiger charge is -2.39. The average molecular weight is 324 g/mol. The summed E-state index contributed by atoms with van der Waals surface area (Å²) in [5, 5.41) is 0. The fraction of sp³-hybridized carbons (Fsp3) is 0.895. The molecule has 0 aromatic carbocycles. The number of esters is 2. The van der Waals surface area contributed by atoms with Gasteiger partial charge in [-0.1, -0.05) is 0 Å². The Balaban J connectivity index is 1.73. The zero-order valence-electron chi connectivity index (χ0n) is 15.3. The van der Waals surface area contributed by atoms with Crippen LogP contribution in [0.1, 0.15) is 79.6 Å². The Bertz CT molecular complexity index is 435. The van der Waals surface area contributed by atoms with Crippen molar-refractivity contribution in [1.29, 1.82) is 0 Å². The molecule has 4 nitrogen and oxygen atoms in total. The highest BCUT2D eigenvalue weighted by molar-refractivity contribution is 5.76. The molecule has 0 unspecified atom stereocenters. The Kier molecular flexibility index (Phi) is 5.42. The van der Waals surface area contributed by atoms with Crippen molar-refractivity contribution < 1.29 is 19.1 Å². The molecule has 0 N–H and O–H groups in total. The third-order valence-corrected chi connectivity index (χ3v) is 5.01. The number of rotatable bonds is 5. The summed E-state index contributed by atoms with van der Waals surface area (Å²) in [5.74, 6) is 0.235. The molecule has 0 amide bonds. The van der Waals surface area contributed by atoms with Crippen LogP contribution in [0.4, 0.5) is 0 Å². The Morgan fingerprint density at radius 3 is 1.91 bits per heavy atom. The van der Waals surface area contributed by atoms with Crippen molar-refractivity contribution in [2.75, 3.05) is 0 Å². The second kappa shape index (κ2) is 6.82. The van der Waals surface area contributed by atoms with Gasteiger partial charge < -0.3 is 9.47 Å². The molecule has 0 bridgehead atoms. The smallest absolute Gasteiger partial charge is 0.311 e. The maximum absolute atomic E-state index is 12.4. The van der Waals surface area contributed by atoms with Crippen molar-refractivity contribution in [3.05, 3.63) is 0 Å². The van der Waals surface area contributed by atoms with Crippen molar-refractivity contribution in [3.8, 4) is 0 Å². The van der Waals surface area contributed by atoms with Gasteiger partial charge in [-0.3, -0.25) is 9.59 Å². The van der Waals surface area contributed by atoms with E-state index in [1.165, 1.54) is 12.8 Å². The third kappa shape index (κ3) is 4.95. The minimum absolute atomic E-state index is 0.0216. The van der Waals surface area contributed by atoms with Crippen molar-refractivity contribution in [2.24, 2.45) is 16.7 Å². The van der Waals surface area contributed by atoms with Crippen LogP contribution in [-0.4, -0.2) is 24.1 Å². The van der Waals surface area contributed by atoms with Crippen LogP contribution in [0.25, 0.3) is 0 Å². The maximum Gasteiger partial charge on any atom is 0.311 e. The molecule has 2 aliphatic rings. The summed E-state index contributed by atoms with van der Waals surface area (Å²) in [6.07, 6.45) is 7.04. The number of hydrogen-bond donors (Lipinski definition) is 0. The molecule has 0 spiro atoms. The van der Waals surface area contributed by atoms with Gasteiger partial charge in [0.15, 0.2) is 0 Å². The highest BCUT2D eigenvalue weighted by atomic mass is 16.5. The lowest BCUT2D eigenvalue weighted by molar-refractivity contribution is -0.169. The summed E-state index contributed by atoms with van der Waals surface area (Å²) in [6, 6.07) is 0. The average Bonchev–Trinajstić information content (AvgIpc) is 2.87. The number of hydrogen-bond acceptors (Lipinski definition) is 4. The summed E-state index contributed by atoms with van der Waals surface area (Å²) < 4.78 is 11.2. The summed E-state index contributed by atoms with van der Waals surface area (Å²) in [4.78, 5) is 24.2. The van der Waals surface area contributed by atoms with Crippen LogP contribution in [0, 0.1) is 16.7 Å². The molecule has 0 aliphatic heterocycles. The first-order valence-electron chi connectivity index (χ1n) is 9.00. The van der Waals surface area contributed by atoms with Crippen molar-refractivity contribution in [1.82, 2.24) is 0 Å². The molecule has 2 saturated carbocycles. The molecule has 0 radical (unpaired) electrons. The van der Waals surface area contributed by atoms with E-state index in [-0.39, 0.29) is 24.1 Å². The second-order valence-corrected chi connectivity index (χ2v) is 9.01. The molecule has 2 rings (SSSR count). The van der Waals surface area contributed by atoms with Crippen LogP contribution in [0.15, 0.2) is 0 Å². The lowest BCUT2D eigenvalue weighted by atomic mass is 9.72. The Labute approximate surface area is 140 Å². The molecule has 0 aromatic heterocycles. The van der Waals surface area contributed by atoms with E-state index >= 15 is 0 Å². The first-order chi connectivity index (χ1) is 10.6. The molecule has 23 heavy (non-hydrogen) atoms. The first-order valence-corrected chi connectivity index (χ1v) is 9.00. The van der Waals surface area contributed by atoms with Crippen molar-refractivity contribution in [2.45, 2.75) is 91.8 Å². The molecule has 0 aromatic rings. The van der Waals surface area contributed by atoms with E-state index in [9.17, 15) is 9.59 Å². The molecule has 4 heteroatoms. The Hall–Kier alpha value is -1.06. The molecule has 0 atom stereocenters. The number of carbonyl (C=O) groups is 2. The second-order valence-electron chi connectivity index (χ2n) is 9.01. The van der Waals surface area contributed by atoms with Crippen molar-refractivity contribution in [3.63, 3.8) is 0 Å². The Morgan fingerprint density at radius 1 is 0.870 bits per heavy atom. The normalized spacial score (nSPS) is 25.8. The molecule has 132 valence electrons. The van der Waals surface area contributed by atoms with Crippen LogP contribution in [-0.2, 0) is 19.1 Å². The van der Waals surface area contributed by atoms with Crippen LogP contribution in [0.5, 0.6) is 0 Å². The zero-order valence-corrected chi connectivity index (χ0v) is 15.3. The molecule has 0 saturated heterocycles. The minimum Gasteiger partial charge on any atom is -0.462 e. The van der Waals surface area contributed by atoms with Gasteiger partial charge in [0.05, 0.1) is 10.8 Å². The summed E-state index contributed by atoms with van der Waals surface area (Å²) in [5.41, 5.74) is -0.901. The number of carbonyl (C=O) groups excluding carboxylic acids is 2. The van der Waals surface area contributed by atoms with Gasteiger partial charge >= 0.3 is 11.9 Å². The fourth-order valence-corrected chi connectivity index (χ4v) is 3.39. The molecule has 2 aliphatic carbocycles. The molecule has 0 heterocycles. The van der Waals surface area contributed by atoms with Crippen LogP contribution in [0.3, 0.4) is 0 Å². The van der Waals surface area contributed by atoms with Gasteiger partial charge in [-0.05, 0) is 85.5 Å². The van der Waals surface area contributed by atoms with E-state index in [1.54, 1.807) is 0 Å². The molecular formula is C19H32O4. The van der Waals surface area contributed by atoms with E-state index in [0.29, 0.717) is 5.92 Å².